The Balaban J connectivity index is 1.70. The molecule has 26 heavy (non-hydrogen) atoms. The SMILES string of the molecule is CSc1nc(C)cc(Nc2ccc(OC(=O)c3ccccc3F)cc2)n1. The highest BCUT2D eigenvalue weighted by molar-refractivity contribution is 7.98. The molecule has 132 valence electrons. The molecule has 5 nitrogen and oxygen atoms in total. The largest absolute Gasteiger partial charge is 0.423 e. The van der Waals surface area contributed by atoms with Crippen LogP contribution >= 0.6 is 11.8 Å². The van der Waals surface area contributed by atoms with Gasteiger partial charge in [0.1, 0.15) is 17.4 Å². The van der Waals surface area contributed by atoms with E-state index in [2.05, 4.69) is 15.3 Å². The maximum Gasteiger partial charge on any atom is 0.346 e. The molecule has 2 aromatic carbocycles. The number of ether oxygens (including phenoxy) is 1. The van der Waals surface area contributed by atoms with E-state index in [4.69, 9.17) is 4.74 Å². The number of rotatable bonds is 5. The molecule has 1 N–H and O–H groups in total. The fraction of sp³-hybridized carbons (Fsp3) is 0.105. The molecule has 0 saturated carbocycles. The molecular weight excluding hydrogens is 353 g/mol. The zero-order valence-corrected chi connectivity index (χ0v) is 15.0. The van der Waals surface area contributed by atoms with Crippen molar-refractivity contribution in [3.8, 4) is 5.75 Å². The van der Waals surface area contributed by atoms with Crippen molar-refractivity contribution < 1.29 is 13.9 Å². The minimum absolute atomic E-state index is 0.101. The van der Waals surface area contributed by atoms with Gasteiger partial charge < -0.3 is 10.1 Å². The van der Waals surface area contributed by atoms with Crippen LogP contribution in [0.15, 0.2) is 59.8 Å². The Labute approximate surface area is 154 Å². The second-order valence-corrected chi connectivity index (χ2v) is 6.17. The monoisotopic (exact) mass is 369 g/mol. The predicted octanol–water partition coefficient (Wildman–Crippen LogP) is 4.61. The second-order valence-electron chi connectivity index (χ2n) is 5.40. The molecule has 1 heterocycles. The lowest BCUT2D eigenvalue weighted by atomic mass is 10.2. The Hall–Kier alpha value is -2.93. The van der Waals surface area contributed by atoms with Crippen molar-refractivity contribution in [2.45, 2.75) is 12.1 Å². The number of anilines is 2. The molecule has 0 saturated heterocycles. The van der Waals surface area contributed by atoms with Gasteiger partial charge in [0, 0.05) is 17.4 Å². The highest BCUT2D eigenvalue weighted by atomic mass is 32.2. The summed E-state index contributed by atoms with van der Waals surface area (Å²) < 4.78 is 18.8. The highest BCUT2D eigenvalue weighted by Gasteiger charge is 2.13. The van der Waals surface area contributed by atoms with Crippen molar-refractivity contribution in [2.75, 3.05) is 11.6 Å². The van der Waals surface area contributed by atoms with Gasteiger partial charge in [0.15, 0.2) is 5.16 Å². The van der Waals surface area contributed by atoms with Crippen LogP contribution in [0.25, 0.3) is 0 Å². The number of aromatic nitrogens is 2. The first-order valence-electron chi connectivity index (χ1n) is 7.78. The van der Waals surface area contributed by atoms with Gasteiger partial charge in [-0.1, -0.05) is 23.9 Å². The molecule has 0 atom stereocenters. The smallest absolute Gasteiger partial charge is 0.346 e. The summed E-state index contributed by atoms with van der Waals surface area (Å²) in [6.45, 7) is 1.90. The molecule has 0 fully saturated rings. The van der Waals surface area contributed by atoms with E-state index >= 15 is 0 Å². The third-order valence-electron chi connectivity index (χ3n) is 3.45. The van der Waals surface area contributed by atoms with E-state index in [0.717, 1.165) is 11.4 Å². The lowest BCUT2D eigenvalue weighted by molar-refractivity contribution is 0.0730. The third kappa shape index (κ3) is 4.37. The van der Waals surface area contributed by atoms with Crippen molar-refractivity contribution in [3.63, 3.8) is 0 Å². The fourth-order valence-corrected chi connectivity index (χ4v) is 2.66. The van der Waals surface area contributed by atoms with Crippen molar-refractivity contribution in [2.24, 2.45) is 0 Å². The molecule has 3 rings (SSSR count). The molecule has 7 heteroatoms. The summed E-state index contributed by atoms with van der Waals surface area (Å²) in [5.74, 6) is -0.343. The molecule has 0 bridgehead atoms. The van der Waals surface area contributed by atoms with Crippen LogP contribution in [-0.4, -0.2) is 22.2 Å². The molecule has 0 amide bonds. The first-order chi connectivity index (χ1) is 12.5. The van der Waals surface area contributed by atoms with Crippen molar-refractivity contribution in [1.82, 2.24) is 9.97 Å². The van der Waals surface area contributed by atoms with Gasteiger partial charge in [0.2, 0.25) is 0 Å². The summed E-state index contributed by atoms with van der Waals surface area (Å²) in [5, 5.41) is 3.86. The Morgan fingerprint density at radius 2 is 1.85 bits per heavy atom. The number of carbonyl (C=O) groups excluding carboxylic acids is 1. The molecule has 0 aliphatic heterocycles. The van der Waals surface area contributed by atoms with Gasteiger partial charge in [-0.2, -0.15) is 0 Å². The lowest BCUT2D eigenvalue weighted by Gasteiger charge is -2.09. The fourth-order valence-electron chi connectivity index (χ4n) is 2.24. The number of aryl methyl sites for hydroxylation is 1. The van der Waals surface area contributed by atoms with E-state index in [-0.39, 0.29) is 5.56 Å². The predicted molar refractivity (Wildman–Crippen MR) is 99.6 cm³/mol. The zero-order valence-electron chi connectivity index (χ0n) is 14.2. The van der Waals surface area contributed by atoms with Gasteiger partial charge in [-0.25, -0.2) is 19.2 Å². The maximum absolute atomic E-state index is 13.6. The highest BCUT2D eigenvalue weighted by Crippen LogP contribution is 2.22. The Bertz CT molecular complexity index is 932. The van der Waals surface area contributed by atoms with Gasteiger partial charge in [0.25, 0.3) is 0 Å². The number of nitrogens with one attached hydrogen (secondary N) is 1. The van der Waals surface area contributed by atoms with Crippen LogP contribution in [0.3, 0.4) is 0 Å². The van der Waals surface area contributed by atoms with Crippen LogP contribution in [0.5, 0.6) is 5.75 Å². The Morgan fingerprint density at radius 3 is 2.54 bits per heavy atom. The number of carbonyl (C=O) groups is 1. The summed E-state index contributed by atoms with van der Waals surface area (Å²) in [6.07, 6.45) is 1.91. The minimum Gasteiger partial charge on any atom is -0.423 e. The van der Waals surface area contributed by atoms with E-state index in [9.17, 15) is 9.18 Å². The van der Waals surface area contributed by atoms with Gasteiger partial charge in [0.05, 0.1) is 5.56 Å². The van der Waals surface area contributed by atoms with E-state index in [1.165, 1.54) is 30.0 Å². The van der Waals surface area contributed by atoms with E-state index in [1.807, 2.05) is 19.2 Å². The van der Waals surface area contributed by atoms with Gasteiger partial charge >= 0.3 is 5.97 Å². The molecule has 0 aliphatic rings. The van der Waals surface area contributed by atoms with Gasteiger partial charge in [-0.05, 0) is 49.6 Å². The first-order valence-corrected chi connectivity index (χ1v) is 9.01. The van der Waals surface area contributed by atoms with E-state index in [0.29, 0.717) is 16.7 Å². The normalized spacial score (nSPS) is 10.4. The van der Waals surface area contributed by atoms with Crippen LogP contribution in [0, 0.1) is 12.7 Å². The van der Waals surface area contributed by atoms with Crippen LogP contribution in [-0.2, 0) is 0 Å². The average molecular weight is 369 g/mol. The standard InChI is InChI=1S/C19H16FN3O2S/c1-12-11-17(23-19(21-12)26-2)22-13-7-9-14(10-8-13)25-18(24)15-5-3-4-6-16(15)20/h3-11H,1-2H3,(H,21,22,23). The van der Waals surface area contributed by atoms with Gasteiger partial charge in [-0.3, -0.25) is 0 Å². The van der Waals surface area contributed by atoms with E-state index < -0.39 is 11.8 Å². The van der Waals surface area contributed by atoms with Crippen LogP contribution in [0.1, 0.15) is 16.1 Å². The van der Waals surface area contributed by atoms with Crippen molar-refractivity contribution in [3.05, 3.63) is 71.7 Å². The van der Waals surface area contributed by atoms with Crippen LogP contribution < -0.4 is 10.1 Å². The van der Waals surface area contributed by atoms with Crippen LogP contribution in [0.2, 0.25) is 0 Å². The molecule has 3 aromatic rings. The lowest BCUT2D eigenvalue weighted by Crippen LogP contribution is -2.10. The molecular formula is C19H16FN3O2S. The Kier molecular flexibility index (Phi) is 5.48. The second kappa shape index (κ2) is 7.97. The first kappa shape index (κ1) is 17.9. The number of esters is 1. The summed E-state index contributed by atoms with van der Waals surface area (Å²) >= 11 is 1.47. The molecule has 0 radical (unpaired) electrons. The maximum atomic E-state index is 13.6. The molecule has 0 spiro atoms. The van der Waals surface area contributed by atoms with Crippen molar-refractivity contribution in [1.29, 1.82) is 0 Å². The number of nitrogens with zero attached hydrogens (tertiary/aromatic N) is 2. The average Bonchev–Trinajstić information content (AvgIpc) is 2.63. The summed E-state index contributed by atoms with van der Waals surface area (Å²) in [7, 11) is 0. The summed E-state index contributed by atoms with van der Waals surface area (Å²) in [5.41, 5.74) is 1.54. The third-order valence-corrected chi connectivity index (χ3v) is 4.00. The summed E-state index contributed by atoms with van der Waals surface area (Å²) in [6, 6.07) is 14.3. The number of thioether (sulfide) groups is 1. The molecule has 0 aliphatic carbocycles. The zero-order chi connectivity index (χ0) is 18.5. The topological polar surface area (TPSA) is 64.1 Å². The number of halogens is 1. The number of benzene rings is 2. The van der Waals surface area contributed by atoms with E-state index in [1.54, 1.807) is 30.3 Å². The quantitative estimate of drug-likeness (QED) is 0.307. The van der Waals surface area contributed by atoms with Crippen molar-refractivity contribution >= 4 is 29.2 Å². The molecule has 0 unspecified atom stereocenters. The number of hydrogen-bond donors (Lipinski definition) is 1. The summed E-state index contributed by atoms with van der Waals surface area (Å²) in [4.78, 5) is 20.7. The van der Waals surface area contributed by atoms with Crippen LogP contribution in [0.4, 0.5) is 15.9 Å². The number of hydrogen-bond acceptors (Lipinski definition) is 6. The molecule has 1 aromatic heterocycles. The van der Waals surface area contributed by atoms with Gasteiger partial charge in [-0.15, -0.1) is 0 Å². The Morgan fingerprint density at radius 1 is 1.12 bits per heavy atom. The minimum atomic E-state index is -0.736.